The lowest BCUT2D eigenvalue weighted by atomic mass is 10.2. The second-order valence-electron chi connectivity index (χ2n) is 8.87. The minimum absolute atomic E-state index is 0.101. The summed E-state index contributed by atoms with van der Waals surface area (Å²) in [6.07, 6.45) is 1.26. The maximum Gasteiger partial charge on any atom is 0.351 e. The van der Waals surface area contributed by atoms with Crippen LogP contribution in [0.25, 0.3) is 0 Å². The number of nitrogen functional groups attached to an aromatic ring is 1. The van der Waals surface area contributed by atoms with Crippen LogP contribution in [0.5, 0.6) is 0 Å². The number of rotatable bonds is 6. The van der Waals surface area contributed by atoms with E-state index in [0.717, 1.165) is 0 Å². The van der Waals surface area contributed by atoms with Crippen LogP contribution in [0.2, 0.25) is 5.04 Å². The maximum atomic E-state index is 12.2. The van der Waals surface area contributed by atoms with E-state index in [-0.39, 0.29) is 22.5 Å². The number of hydrogen-bond donors (Lipinski definition) is 1. The highest BCUT2D eigenvalue weighted by molar-refractivity contribution is 8.00. The average Bonchev–Trinajstić information content (AvgIpc) is 3.23. The van der Waals surface area contributed by atoms with Gasteiger partial charge in [-0.1, -0.05) is 81.4 Å². The molecule has 6 nitrogen and oxygen atoms in total. The Bertz CT molecular complexity index is 1060. The molecule has 0 aliphatic carbocycles. The highest BCUT2D eigenvalue weighted by Gasteiger charge is 2.50. The van der Waals surface area contributed by atoms with E-state index < -0.39 is 14.0 Å². The van der Waals surface area contributed by atoms with Crippen molar-refractivity contribution >= 4 is 36.3 Å². The molecule has 2 aromatic carbocycles. The molecule has 2 N–H and O–H groups in total. The lowest BCUT2D eigenvalue weighted by Gasteiger charge is -2.43. The third-order valence-corrected chi connectivity index (χ3v) is 11.8. The van der Waals surface area contributed by atoms with Crippen molar-refractivity contribution in [2.24, 2.45) is 0 Å². The Morgan fingerprint density at radius 3 is 2.22 bits per heavy atom. The highest BCUT2D eigenvalue weighted by Crippen LogP contribution is 2.38. The molecule has 0 radical (unpaired) electrons. The summed E-state index contributed by atoms with van der Waals surface area (Å²) >= 11 is 1.66. The second kappa shape index (κ2) is 9.23. The van der Waals surface area contributed by atoms with E-state index in [9.17, 15) is 4.79 Å². The maximum absolute atomic E-state index is 12.2. The third kappa shape index (κ3) is 4.41. The minimum Gasteiger partial charge on any atom is -0.404 e. The van der Waals surface area contributed by atoms with Crippen LogP contribution in [0.15, 0.2) is 77.7 Å². The molecular formula is C24H29N3O3SSi. The largest absolute Gasteiger partial charge is 0.404 e. The zero-order valence-electron chi connectivity index (χ0n) is 18.6. The van der Waals surface area contributed by atoms with Gasteiger partial charge in [0.05, 0.1) is 6.61 Å². The first-order chi connectivity index (χ1) is 15.3. The van der Waals surface area contributed by atoms with E-state index in [0.29, 0.717) is 12.4 Å². The molecule has 2 atom stereocenters. The van der Waals surface area contributed by atoms with E-state index in [4.69, 9.17) is 14.9 Å². The summed E-state index contributed by atoms with van der Waals surface area (Å²) in [7, 11) is -2.63. The second-order valence-corrected chi connectivity index (χ2v) is 14.4. The first-order valence-corrected chi connectivity index (χ1v) is 13.6. The normalized spacial score (nSPS) is 19.2. The van der Waals surface area contributed by atoms with Gasteiger partial charge in [0.1, 0.15) is 17.5 Å². The standard InChI is InChI=1S/C24H29N3O3SSi/c1-24(2,3)32(18-10-6-4-7-11-18,19-12-8-5-9-13-19)29-16-22-30-21(17-31-22)27-15-14-20(25)26-23(27)28/h4-15,21-22H,16-17H2,1-3H3,(H2,25,26,28)/t21-,22-/m0/s1. The van der Waals surface area contributed by atoms with Gasteiger partial charge in [-0.05, 0) is 21.5 Å². The number of benzene rings is 2. The number of nitrogens with zero attached hydrogens (tertiary/aromatic N) is 2. The number of nitrogens with two attached hydrogens (primary N) is 1. The van der Waals surface area contributed by atoms with Crippen molar-refractivity contribution in [2.75, 3.05) is 18.1 Å². The molecule has 0 unspecified atom stereocenters. The Hall–Kier alpha value is -2.39. The van der Waals surface area contributed by atoms with Gasteiger partial charge in [-0.3, -0.25) is 4.57 Å². The smallest absolute Gasteiger partial charge is 0.351 e. The van der Waals surface area contributed by atoms with Gasteiger partial charge in [-0.15, -0.1) is 11.8 Å². The van der Waals surface area contributed by atoms with Gasteiger partial charge in [-0.25, -0.2) is 4.79 Å². The quantitative estimate of drug-likeness (QED) is 0.562. The first kappa shape index (κ1) is 22.8. The Balaban J connectivity index is 1.61. The number of anilines is 1. The molecule has 4 rings (SSSR count). The predicted octanol–water partition coefficient (Wildman–Crippen LogP) is 2.99. The van der Waals surface area contributed by atoms with Crippen LogP contribution in [0.4, 0.5) is 5.82 Å². The summed E-state index contributed by atoms with van der Waals surface area (Å²) in [5, 5.41) is 2.37. The van der Waals surface area contributed by atoms with E-state index in [1.807, 2.05) is 12.1 Å². The molecule has 2 heterocycles. The third-order valence-electron chi connectivity index (χ3n) is 5.75. The average molecular weight is 468 g/mol. The summed E-state index contributed by atoms with van der Waals surface area (Å²) in [6, 6.07) is 22.7. The van der Waals surface area contributed by atoms with Crippen LogP contribution in [0.3, 0.4) is 0 Å². The van der Waals surface area contributed by atoms with Gasteiger partial charge in [0, 0.05) is 11.9 Å². The molecule has 0 spiro atoms. The van der Waals surface area contributed by atoms with Crippen molar-refractivity contribution in [3.05, 3.63) is 83.4 Å². The van der Waals surface area contributed by atoms with Crippen LogP contribution in [-0.2, 0) is 9.16 Å². The van der Waals surface area contributed by atoms with Crippen LogP contribution >= 0.6 is 11.8 Å². The molecule has 1 aliphatic heterocycles. The molecule has 3 aromatic rings. The van der Waals surface area contributed by atoms with Crippen LogP contribution in [0.1, 0.15) is 27.0 Å². The fourth-order valence-electron chi connectivity index (χ4n) is 4.28. The number of ether oxygens (including phenoxy) is 1. The summed E-state index contributed by atoms with van der Waals surface area (Å²) in [6.45, 7) is 7.20. The van der Waals surface area contributed by atoms with Crippen molar-refractivity contribution in [1.82, 2.24) is 9.55 Å². The van der Waals surface area contributed by atoms with Gasteiger partial charge in [-0.2, -0.15) is 4.98 Å². The molecule has 0 amide bonds. The summed E-state index contributed by atoms with van der Waals surface area (Å²) in [4.78, 5) is 16.0. The number of hydrogen-bond acceptors (Lipinski definition) is 6. The predicted molar refractivity (Wildman–Crippen MR) is 133 cm³/mol. The first-order valence-electron chi connectivity index (χ1n) is 10.7. The van der Waals surface area contributed by atoms with Gasteiger partial charge in [0.2, 0.25) is 0 Å². The molecule has 0 bridgehead atoms. The van der Waals surface area contributed by atoms with Gasteiger partial charge in [0.15, 0.2) is 0 Å². The summed E-state index contributed by atoms with van der Waals surface area (Å²) < 4.78 is 14.6. The lowest BCUT2D eigenvalue weighted by Crippen LogP contribution is -2.67. The van der Waals surface area contributed by atoms with Crippen LogP contribution in [0, 0.1) is 0 Å². The molecule has 8 heteroatoms. The van der Waals surface area contributed by atoms with Crippen LogP contribution in [-0.4, -0.2) is 35.7 Å². The summed E-state index contributed by atoms with van der Waals surface area (Å²) in [5.74, 6) is 0.865. The van der Waals surface area contributed by atoms with Crippen molar-refractivity contribution in [2.45, 2.75) is 37.5 Å². The zero-order chi connectivity index (χ0) is 22.8. The molecule has 0 saturated carbocycles. The molecule has 32 heavy (non-hydrogen) atoms. The fourth-order valence-corrected chi connectivity index (χ4v) is 9.94. The van der Waals surface area contributed by atoms with Gasteiger partial charge >= 0.3 is 5.69 Å². The topological polar surface area (TPSA) is 79.4 Å². The Morgan fingerprint density at radius 2 is 1.69 bits per heavy atom. The van der Waals surface area contributed by atoms with Crippen molar-refractivity contribution in [3.8, 4) is 0 Å². The van der Waals surface area contributed by atoms with Gasteiger partial charge in [0.25, 0.3) is 8.32 Å². The van der Waals surface area contributed by atoms with Crippen molar-refractivity contribution < 1.29 is 9.16 Å². The Kier molecular flexibility index (Phi) is 6.57. The van der Waals surface area contributed by atoms with E-state index >= 15 is 0 Å². The monoisotopic (exact) mass is 467 g/mol. The lowest BCUT2D eigenvalue weighted by molar-refractivity contribution is -0.00349. The van der Waals surface area contributed by atoms with E-state index in [1.54, 1.807) is 24.0 Å². The highest BCUT2D eigenvalue weighted by atomic mass is 32.2. The Labute approximate surface area is 193 Å². The number of thioether (sulfide) groups is 1. The van der Waals surface area contributed by atoms with Gasteiger partial charge < -0.3 is 14.9 Å². The van der Waals surface area contributed by atoms with E-state index in [1.165, 1.54) is 14.9 Å². The Morgan fingerprint density at radius 1 is 1.09 bits per heavy atom. The van der Waals surface area contributed by atoms with Crippen molar-refractivity contribution in [3.63, 3.8) is 0 Å². The fraction of sp³-hybridized carbons (Fsp3) is 0.333. The molecule has 1 saturated heterocycles. The molecule has 168 valence electrons. The molecular weight excluding hydrogens is 438 g/mol. The van der Waals surface area contributed by atoms with E-state index in [2.05, 4.69) is 74.3 Å². The number of aromatic nitrogens is 2. The molecule has 1 aromatic heterocycles. The van der Waals surface area contributed by atoms with Crippen LogP contribution < -0.4 is 21.8 Å². The summed E-state index contributed by atoms with van der Waals surface area (Å²) in [5.41, 5.74) is 5.04. The molecule has 1 fully saturated rings. The minimum atomic E-state index is -2.63. The molecule has 1 aliphatic rings. The SMILES string of the molecule is CC(C)(C)[Si](OC[C@H]1O[C@H](n2ccc(N)nc2=O)CS1)(c1ccccc1)c1ccccc1. The van der Waals surface area contributed by atoms with Crippen molar-refractivity contribution in [1.29, 1.82) is 0 Å². The zero-order valence-corrected chi connectivity index (χ0v) is 20.4.